The minimum absolute atomic E-state index is 0.0524. The quantitative estimate of drug-likeness (QED) is 0.509. The average molecular weight is 279 g/mol. The van der Waals surface area contributed by atoms with Crippen LogP contribution in [0.15, 0.2) is 18.2 Å². The number of nitro benzene ring substituents is 1. The van der Waals surface area contributed by atoms with E-state index in [9.17, 15) is 10.1 Å². The molecule has 0 atom stereocenters. The van der Waals surface area contributed by atoms with E-state index < -0.39 is 4.92 Å². The van der Waals surface area contributed by atoms with Crippen molar-refractivity contribution in [2.45, 2.75) is 6.61 Å². The highest BCUT2D eigenvalue weighted by Gasteiger charge is 2.07. The fourth-order valence-electron chi connectivity index (χ4n) is 0.778. The van der Waals surface area contributed by atoms with Gasteiger partial charge in [0.2, 0.25) is 0 Å². The largest absolute Gasteiger partial charge is 0.392 e. The first-order valence-corrected chi connectivity index (χ1v) is 4.26. The van der Waals surface area contributed by atoms with Crippen LogP contribution in [0.4, 0.5) is 5.69 Å². The van der Waals surface area contributed by atoms with Gasteiger partial charge in [-0.25, -0.2) is 0 Å². The third-order valence-corrected chi connectivity index (χ3v) is 2.42. The van der Waals surface area contributed by atoms with E-state index in [1.807, 2.05) is 22.6 Å². The molecule has 0 spiro atoms. The van der Waals surface area contributed by atoms with Gasteiger partial charge in [-0.3, -0.25) is 10.1 Å². The Morgan fingerprint density at radius 2 is 2.25 bits per heavy atom. The molecule has 1 aromatic carbocycles. The maximum atomic E-state index is 10.3. The van der Waals surface area contributed by atoms with E-state index in [4.69, 9.17) is 5.11 Å². The third kappa shape index (κ3) is 1.92. The Balaban J connectivity index is 3.10. The van der Waals surface area contributed by atoms with E-state index in [-0.39, 0.29) is 12.3 Å². The summed E-state index contributed by atoms with van der Waals surface area (Å²) in [6.45, 7) is -0.0870. The Hall–Kier alpha value is -0.690. The number of nitro groups is 1. The highest BCUT2D eigenvalue weighted by molar-refractivity contribution is 14.1. The number of non-ortho nitro benzene ring substituents is 1. The average Bonchev–Trinajstić information content (AvgIpc) is 2.04. The second-order valence-corrected chi connectivity index (χ2v) is 3.35. The Bertz CT molecular complexity index is 314. The molecule has 0 fully saturated rings. The zero-order chi connectivity index (χ0) is 9.14. The first kappa shape index (κ1) is 9.40. The lowest BCUT2D eigenvalue weighted by Crippen LogP contribution is -1.92. The maximum absolute atomic E-state index is 10.3. The molecule has 0 aliphatic rings. The van der Waals surface area contributed by atoms with Crippen LogP contribution < -0.4 is 0 Å². The van der Waals surface area contributed by atoms with E-state index in [0.29, 0.717) is 9.13 Å². The summed E-state index contributed by atoms with van der Waals surface area (Å²) in [7, 11) is 0. The van der Waals surface area contributed by atoms with Crippen LogP contribution in [0, 0.1) is 13.7 Å². The Morgan fingerprint density at radius 1 is 1.58 bits per heavy atom. The van der Waals surface area contributed by atoms with Crippen molar-refractivity contribution in [2.75, 3.05) is 0 Å². The number of benzene rings is 1. The van der Waals surface area contributed by atoms with Crippen LogP contribution in [0.25, 0.3) is 0 Å². The molecular weight excluding hydrogens is 273 g/mol. The first-order chi connectivity index (χ1) is 5.65. The van der Waals surface area contributed by atoms with Gasteiger partial charge < -0.3 is 5.11 Å². The molecule has 1 rings (SSSR count). The topological polar surface area (TPSA) is 63.4 Å². The summed E-state index contributed by atoms with van der Waals surface area (Å²) in [6, 6.07) is 4.37. The van der Waals surface area contributed by atoms with Gasteiger partial charge in [0.05, 0.1) is 11.5 Å². The summed E-state index contributed by atoms with van der Waals surface area (Å²) in [6.07, 6.45) is 0. The zero-order valence-electron chi connectivity index (χ0n) is 6.03. The van der Waals surface area contributed by atoms with Gasteiger partial charge >= 0.3 is 0 Å². The van der Waals surface area contributed by atoms with Gasteiger partial charge in [-0.2, -0.15) is 0 Å². The van der Waals surface area contributed by atoms with Crippen LogP contribution in [0.2, 0.25) is 0 Å². The van der Waals surface area contributed by atoms with Crippen LogP contribution in [-0.2, 0) is 6.61 Å². The lowest BCUT2D eigenvalue weighted by atomic mass is 10.2. The molecule has 0 saturated carbocycles. The van der Waals surface area contributed by atoms with Crippen molar-refractivity contribution >= 4 is 28.3 Å². The molecule has 0 amide bonds. The molecular formula is C7H6INO3. The molecule has 0 aliphatic carbocycles. The molecule has 0 bridgehead atoms. The van der Waals surface area contributed by atoms with Crippen molar-refractivity contribution in [3.8, 4) is 0 Å². The fraction of sp³-hybridized carbons (Fsp3) is 0.143. The highest BCUT2D eigenvalue weighted by atomic mass is 127. The molecule has 5 heteroatoms. The lowest BCUT2D eigenvalue weighted by molar-refractivity contribution is -0.385. The summed E-state index contributed by atoms with van der Waals surface area (Å²) in [5.74, 6) is 0. The molecule has 0 radical (unpaired) electrons. The summed E-state index contributed by atoms with van der Waals surface area (Å²) in [5, 5.41) is 19.1. The predicted molar refractivity (Wildman–Crippen MR) is 51.7 cm³/mol. The standard InChI is InChI=1S/C7H6INO3/c8-7-3-6(9(11)12)2-1-5(7)4-10/h1-3,10H,4H2. The van der Waals surface area contributed by atoms with Gasteiger partial charge in [0.25, 0.3) is 5.69 Å². The minimum Gasteiger partial charge on any atom is -0.392 e. The predicted octanol–water partition coefficient (Wildman–Crippen LogP) is 1.69. The van der Waals surface area contributed by atoms with Gasteiger partial charge in [0, 0.05) is 15.7 Å². The summed E-state index contributed by atoms with van der Waals surface area (Å²) in [5.41, 5.74) is 0.762. The fourth-order valence-corrected chi connectivity index (χ4v) is 1.45. The lowest BCUT2D eigenvalue weighted by Gasteiger charge is -1.98. The number of hydrogen-bond acceptors (Lipinski definition) is 3. The van der Waals surface area contributed by atoms with Crippen LogP contribution in [0.5, 0.6) is 0 Å². The molecule has 0 saturated heterocycles. The van der Waals surface area contributed by atoms with E-state index in [0.717, 1.165) is 0 Å². The van der Waals surface area contributed by atoms with Crippen LogP contribution >= 0.6 is 22.6 Å². The SMILES string of the molecule is O=[N+]([O-])c1ccc(CO)c(I)c1. The second-order valence-electron chi connectivity index (χ2n) is 2.19. The van der Waals surface area contributed by atoms with E-state index in [1.165, 1.54) is 12.1 Å². The number of aliphatic hydroxyl groups excluding tert-OH is 1. The number of aliphatic hydroxyl groups is 1. The van der Waals surface area contributed by atoms with E-state index in [1.54, 1.807) is 6.07 Å². The molecule has 1 aromatic rings. The third-order valence-electron chi connectivity index (χ3n) is 1.42. The van der Waals surface area contributed by atoms with Gasteiger partial charge in [-0.1, -0.05) is 0 Å². The zero-order valence-corrected chi connectivity index (χ0v) is 8.19. The molecule has 0 heterocycles. The number of nitrogens with zero attached hydrogens (tertiary/aromatic N) is 1. The van der Waals surface area contributed by atoms with Crippen LogP contribution in [0.3, 0.4) is 0 Å². The van der Waals surface area contributed by atoms with Crippen molar-refractivity contribution in [1.29, 1.82) is 0 Å². The molecule has 64 valence electrons. The van der Waals surface area contributed by atoms with Crippen LogP contribution in [0.1, 0.15) is 5.56 Å². The molecule has 1 N–H and O–H groups in total. The van der Waals surface area contributed by atoms with Crippen molar-refractivity contribution in [1.82, 2.24) is 0 Å². The molecule has 4 nitrogen and oxygen atoms in total. The van der Waals surface area contributed by atoms with Crippen molar-refractivity contribution < 1.29 is 10.0 Å². The van der Waals surface area contributed by atoms with Gasteiger partial charge in [0.15, 0.2) is 0 Å². The van der Waals surface area contributed by atoms with E-state index >= 15 is 0 Å². The molecule has 0 aliphatic heterocycles. The smallest absolute Gasteiger partial charge is 0.270 e. The number of halogens is 1. The Kier molecular flexibility index (Phi) is 2.99. The highest BCUT2D eigenvalue weighted by Crippen LogP contribution is 2.19. The molecule has 0 aromatic heterocycles. The summed E-state index contributed by atoms with van der Waals surface area (Å²) >= 11 is 1.95. The summed E-state index contributed by atoms with van der Waals surface area (Å²) < 4.78 is 0.712. The van der Waals surface area contributed by atoms with Crippen molar-refractivity contribution in [3.63, 3.8) is 0 Å². The van der Waals surface area contributed by atoms with E-state index in [2.05, 4.69) is 0 Å². The summed E-state index contributed by atoms with van der Waals surface area (Å²) in [4.78, 5) is 9.84. The van der Waals surface area contributed by atoms with Gasteiger partial charge in [-0.15, -0.1) is 0 Å². The van der Waals surface area contributed by atoms with Gasteiger partial charge in [0.1, 0.15) is 0 Å². The van der Waals surface area contributed by atoms with Crippen molar-refractivity contribution in [2.24, 2.45) is 0 Å². The minimum atomic E-state index is -0.455. The Labute approximate surface area is 82.5 Å². The normalized spacial score (nSPS) is 9.83. The van der Waals surface area contributed by atoms with Crippen molar-refractivity contribution in [3.05, 3.63) is 37.4 Å². The molecule has 0 unspecified atom stereocenters. The number of rotatable bonds is 2. The maximum Gasteiger partial charge on any atom is 0.270 e. The number of hydrogen-bond donors (Lipinski definition) is 1. The van der Waals surface area contributed by atoms with Crippen LogP contribution in [-0.4, -0.2) is 10.0 Å². The first-order valence-electron chi connectivity index (χ1n) is 3.19. The van der Waals surface area contributed by atoms with Gasteiger partial charge in [-0.05, 0) is 34.2 Å². The monoisotopic (exact) mass is 279 g/mol. The second kappa shape index (κ2) is 3.81. The molecule has 12 heavy (non-hydrogen) atoms. The Morgan fingerprint density at radius 3 is 2.67 bits per heavy atom.